The first kappa shape index (κ1) is 17.7. The fourth-order valence-corrected chi connectivity index (χ4v) is 3.43. The standard InChI is InChI=1S/C13H12F4N2O2S2/c1-8-19-10(7-22-8)4-5-18-11-3-2-9(14)6-12(11)23(20,21)13(15,16)17/h2-3,6-7,18H,4-5H2,1H3. The molecule has 126 valence electrons. The fourth-order valence-electron chi connectivity index (χ4n) is 1.84. The molecule has 23 heavy (non-hydrogen) atoms. The third kappa shape index (κ3) is 3.99. The highest BCUT2D eigenvalue weighted by molar-refractivity contribution is 7.92. The van der Waals surface area contributed by atoms with E-state index in [4.69, 9.17) is 0 Å². The Hall–Kier alpha value is -1.68. The highest BCUT2D eigenvalue weighted by Gasteiger charge is 2.48. The smallest absolute Gasteiger partial charge is 0.384 e. The van der Waals surface area contributed by atoms with Crippen molar-refractivity contribution in [3.8, 4) is 0 Å². The van der Waals surface area contributed by atoms with Crippen LogP contribution in [0.3, 0.4) is 0 Å². The molecule has 1 aromatic heterocycles. The maximum absolute atomic E-state index is 13.2. The molecule has 0 atom stereocenters. The Kier molecular flexibility index (Phi) is 4.95. The van der Waals surface area contributed by atoms with Crippen LogP contribution in [0.15, 0.2) is 28.5 Å². The van der Waals surface area contributed by atoms with Crippen molar-refractivity contribution in [2.24, 2.45) is 0 Å². The molecule has 0 aliphatic carbocycles. The van der Waals surface area contributed by atoms with Gasteiger partial charge in [-0.3, -0.25) is 0 Å². The van der Waals surface area contributed by atoms with E-state index in [9.17, 15) is 26.0 Å². The Morgan fingerprint density at radius 3 is 2.57 bits per heavy atom. The number of rotatable bonds is 5. The van der Waals surface area contributed by atoms with Crippen LogP contribution in [0.1, 0.15) is 10.7 Å². The Labute approximate surface area is 134 Å². The number of aryl methyl sites for hydroxylation is 1. The van der Waals surface area contributed by atoms with Crippen LogP contribution in [-0.2, 0) is 16.3 Å². The van der Waals surface area contributed by atoms with E-state index in [-0.39, 0.29) is 12.2 Å². The minimum absolute atomic E-state index is 0.162. The van der Waals surface area contributed by atoms with Gasteiger partial charge in [-0.25, -0.2) is 17.8 Å². The van der Waals surface area contributed by atoms with Crippen LogP contribution in [0.2, 0.25) is 0 Å². The summed E-state index contributed by atoms with van der Waals surface area (Å²) < 4.78 is 74.3. The van der Waals surface area contributed by atoms with Crippen molar-refractivity contribution in [2.45, 2.75) is 23.7 Å². The molecule has 0 aliphatic rings. The molecule has 10 heteroatoms. The summed E-state index contributed by atoms with van der Waals surface area (Å²) in [6.45, 7) is 1.98. The number of hydrogen-bond acceptors (Lipinski definition) is 5. The number of aromatic nitrogens is 1. The molecule has 0 aliphatic heterocycles. The zero-order valence-corrected chi connectivity index (χ0v) is 13.4. The number of thiazole rings is 1. The summed E-state index contributed by atoms with van der Waals surface area (Å²) in [5, 5.41) is 5.25. The van der Waals surface area contributed by atoms with Gasteiger partial charge in [0.05, 0.1) is 16.4 Å². The van der Waals surface area contributed by atoms with Crippen molar-refractivity contribution < 1.29 is 26.0 Å². The normalized spacial score (nSPS) is 12.4. The molecule has 1 heterocycles. The van der Waals surface area contributed by atoms with Crippen LogP contribution in [0, 0.1) is 12.7 Å². The van der Waals surface area contributed by atoms with E-state index in [1.165, 1.54) is 11.3 Å². The quantitative estimate of drug-likeness (QED) is 0.820. The monoisotopic (exact) mass is 368 g/mol. The second-order valence-corrected chi connectivity index (χ2v) is 7.60. The van der Waals surface area contributed by atoms with E-state index in [2.05, 4.69) is 10.3 Å². The molecule has 2 aromatic rings. The van der Waals surface area contributed by atoms with Gasteiger partial charge in [0.25, 0.3) is 9.84 Å². The number of benzene rings is 1. The molecule has 0 spiro atoms. The van der Waals surface area contributed by atoms with Gasteiger partial charge in [-0.1, -0.05) is 0 Å². The third-order valence-electron chi connectivity index (χ3n) is 2.90. The minimum Gasteiger partial charge on any atom is -0.384 e. The van der Waals surface area contributed by atoms with Crippen molar-refractivity contribution in [2.75, 3.05) is 11.9 Å². The Balaban J connectivity index is 2.22. The second kappa shape index (κ2) is 6.44. The first-order chi connectivity index (χ1) is 10.6. The highest BCUT2D eigenvalue weighted by atomic mass is 32.2. The molecular weight excluding hydrogens is 356 g/mol. The average Bonchev–Trinajstić information content (AvgIpc) is 2.84. The van der Waals surface area contributed by atoms with E-state index < -0.39 is 26.1 Å². The number of halogens is 4. The van der Waals surface area contributed by atoms with E-state index in [1.807, 2.05) is 6.92 Å². The topological polar surface area (TPSA) is 59.1 Å². The summed E-state index contributed by atoms with van der Waals surface area (Å²) in [7, 11) is -5.64. The van der Waals surface area contributed by atoms with Crippen LogP contribution < -0.4 is 5.32 Å². The molecule has 2 rings (SSSR count). The number of alkyl halides is 3. The van der Waals surface area contributed by atoms with Crippen molar-refractivity contribution >= 4 is 26.9 Å². The fraction of sp³-hybridized carbons (Fsp3) is 0.308. The lowest BCUT2D eigenvalue weighted by atomic mass is 10.3. The molecule has 0 unspecified atom stereocenters. The molecule has 0 fully saturated rings. The van der Waals surface area contributed by atoms with Crippen LogP contribution in [0.25, 0.3) is 0 Å². The van der Waals surface area contributed by atoms with Gasteiger partial charge in [0.15, 0.2) is 0 Å². The first-order valence-corrected chi connectivity index (χ1v) is 8.73. The van der Waals surface area contributed by atoms with Gasteiger partial charge in [-0.15, -0.1) is 11.3 Å². The Bertz CT molecular complexity index is 801. The lowest BCUT2D eigenvalue weighted by Gasteiger charge is -2.14. The Morgan fingerprint density at radius 2 is 2.00 bits per heavy atom. The van der Waals surface area contributed by atoms with Crippen LogP contribution in [-0.4, -0.2) is 25.5 Å². The van der Waals surface area contributed by atoms with Crippen molar-refractivity contribution in [3.63, 3.8) is 0 Å². The predicted molar refractivity (Wildman–Crippen MR) is 78.7 cm³/mol. The third-order valence-corrected chi connectivity index (χ3v) is 5.25. The maximum Gasteiger partial charge on any atom is 0.501 e. The molecule has 0 radical (unpaired) electrons. The SMILES string of the molecule is Cc1nc(CCNc2ccc(F)cc2S(=O)(=O)C(F)(F)F)cs1. The molecule has 1 aromatic carbocycles. The summed E-state index contributed by atoms with van der Waals surface area (Å²) in [6, 6.07) is 2.23. The largest absolute Gasteiger partial charge is 0.501 e. The Morgan fingerprint density at radius 1 is 1.30 bits per heavy atom. The zero-order chi connectivity index (χ0) is 17.3. The predicted octanol–water partition coefficient (Wildman–Crippen LogP) is 3.54. The van der Waals surface area contributed by atoms with Gasteiger partial charge in [0.2, 0.25) is 0 Å². The van der Waals surface area contributed by atoms with E-state index in [1.54, 1.807) is 5.38 Å². The number of sulfone groups is 1. The molecule has 4 nitrogen and oxygen atoms in total. The van der Waals surface area contributed by atoms with Gasteiger partial charge in [-0.2, -0.15) is 13.2 Å². The van der Waals surface area contributed by atoms with Crippen molar-refractivity contribution in [3.05, 3.63) is 40.1 Å². The van der Waals surface area contributed by atoms with E-state index in [0.29, 0.717) is 12.5 Å². The molecule has 0 saturated heterocycles. The number of nitrogens with zero attached hydrogens (tertiary/aromatic N) is 1. The summed E-state index contributed by atoms with van der Waals surface area (Å²) in [6.07, 6.45) is 0.396. The van der Waals surface area contributed by atoms with E-state index in [0.717, 1.165) is 22.8 Å². The van der Waals surface area contributed by atoms with Crippen LogP contribution in [0.4, 0.5) is 23.2 Å². The van der Waals surface area contributed by atoms with Gasteiger partial charge in [0, 0.05) is 18.3 Å². The molecule has 1 N–H and O–H groups in total. The maximum atomic E-state index is 13.2. The summed E-state index contributed by atoms with van der Waals surface area (Å²) in [5.41, 5.74) is -5.05. The van der Waals surface area contributed by atoms with Crippen LogP contribution in [0.5, 0.6) is 0 Å². The van der Waals surface area contributed by atoms with Gasteiger partial charge >= 0.3 is 5.51 Å². The lowest BCUT2D eigenvalue weighted by molar-refractivity contribution is -0.0435. The summed E-state index contributed by atoms with van der Waals surface area (Å²) in [4.78, 5) is 3.06. The zero-order valence-electron chi connectivity index (χ0n) is 11.8. The molecule has 0 bridgehead atoms. The van der Waals surface area contributed by atoms with Gasteiger partial charge < -0.3 is 5.32 Å². The highest BCUT2D eigenvalue weighted by Crippen LogP contribution is 2.34. The number of hydrogen-bond donors (Lipinski definition) is 1. The lowest BCUT2D eigenvalue weighted by Crippen LogP contribution is -2.24. The van der Waals surface area contributed by atoms with Gasteiger partial charge in [0.1, 0.15) is 10.7 Å². The number of anilines is 1. The summed E-state index contributed by atoms with van der Waals surface area (Å²) >= 11 is 1.43. The number of nitrogens with one attached hydrogen (secondary N) is 1. The molecular formula is C13H12F4N2O2S2. The average molecular weight is 368 g/mol. The summed E-state index contributed by atoms with van der Waals surface area (Å²) in [5.74, 6) is -1.06. The first-order valence-electron chi connectivity index (χ1n) is 6.37. The molecule has 0 saturated carbocycles. The molecule has 0 amide bonds. The van der Waals surface area contributed by atoms with Crippen molar-refractivity contribution in [1.29, 1.82) is 0 Å². The van der Waals surface area contributed by atoms with Gasteiger partial charge in [-0.05, 0) is 25.1 Å². The van der Waals surface area contributed by atoms with Crippen LogP contribution >= 0.6 is 11.3 Å². The second-order valence-electron chi connectivity index (χ2n) is 4.62. The minimum atomic E-state index is -5.64. The van der Waals surface area contributed by atoms with Crippen molar-refractivity contribution in [1.82, 2.24) is 4.98 Å². The van der Waals surface area contributed by atoms with E-state index >= 15 is 0 Å².